The number of rotatable bonds is 6. The fourth-order valence-corrected chi connectivity index (χ4v) is 4.66. The number of nitrogens with zero attached hydrogens (tertiary/aromatic N) is 2. The average molecular weight is 442 g/mol. The van der Waals surface area contributed by atoms with E-state index in [1.54, 1.807) is 17.0 Å². The first kappa shape index (κ1) is 21.8. The van der Waals surface area contributed by atoms with E-state index in [-0.39, 0.29) is 31.1 Å². The molecule has 4 rings (SSSR count). The highest BCUT2D eigenvalue weighted by Crippen LogP contribution is 2.36. The van der Waals surface area contributed by atoms with Crippen molar-refractivity contribution in [2.75, 3.05) is 38.2 Å². The highest BCUT2D eigenvalue weighted by molar-refractivity contribution is 6.31. The number of urea groups is 1. The number of alkyl halides is 2. The molecule has 2 heterocycles. The van der Waals surface area contributed by atoms with Gasteiger partial charge in [0.25, 0.3) is 5.92 Å². The Morgan fingerprint density at radius 2 is 1.97 bits per heavy atom. The standard InChI is InChI=1S/C22H30ClF2N3O2/c1-15-2-5-17(23)10-20(15)26-21(29)27-8-6-18(7-9-27)28-14-22(24,25)11-19(28)13-30-12-16-3-4-16/h2,5,10,16,18-19H,3-4,6-9,11-14H2,1H3,(H,26,29)/t19-/m0/s1. The van der Waals surface area contributed by atoms with Gasteiger partial charge in [0.05, 0.1) is 13.2 Å². The molecule has 2 aliphatic heterocycles. The summed E-state index contributed by atoms with van der Waals surface area (Å²) < 4.78 is 34.0. The summed E-state index contributed by atoms with van der Waals surface area (Å²) in [6.45, 7) is 3.88. The minimum Gasteiger partial charge on any atom is -0.380 e. The second-order valence-electron chi connectivity index (χ2n) is 8.97. The molecule has 3 aliphatic rings. The summed E-state index contributed by atoms with van der Waals surface area (Å²) >= 11 is 6.03. The van der Waals surface area contributed by atoms with E-state index < -0.39 is 5.92 Å². The number of carbonyl (C=O) groups excluding carboxylic acids is 1. The molecule has 0 unspecified atom stereocenters. The van der Waals surface area contributed by atoms with Crippen LogP contribution in [0, 0.1) is 12.8 Å². The van der Waals surface area contributed by atoms with E-state index in [4.69, 9.17) is 16.3 Å². The Bertz CT molecular complexity index is 767. The zero-order valence-electron chi connectivity index (χ0n) is 17.4. The molecular weight excluding hydrogens is 412 g/mol. The van der Waals surface area contributed by atoms with Crippen molar-refractivity contribution in [2.24, 2.45) is 5.92 Å². The molecule has 1 atom stereocenters. The molecule has 0 bridgehead atoms. The highest BCUT2D eigenvalue weighted by atomic mass is 35.5. The minimum atomic E-state index is -2.66. The van der Waals surface area contributed by atoms with Gasteiger partial charge >= 0.3 is 6.03 Å². The smallest absolute Gasteiger partial charge is 0.321 e. The predicted molar refractivity (Wildman–Crippen MR) is 113 cm³/mol. The molecule has 0 aromatic heterocycles. The maximum atomic E-state index is 14.1. The lowest BCUT2D eigenvalue weighted by Gasteiger charge is -2.39. The topological polar surface area (TPSA) is 44.8 Å². The van der Waals surface area contributed by atoms with Gasteiger partial charge in [-0.2, -0.15) is 0 Å². The van der Waals surface area contributed by atoms with Crippen LogP contribution in [0.4, 0.5) is 19.3 Å². The first-order valence-electron chi connectivity index (χ1n) is 10.8. The number of anilines is 1. The van der Waals surface area contributed by atoms with Crippen LogP contribution in [0.5, 0.6) is 0 Å². The van der Waals surface area contributed by atoms with Crippen LogP contribution in [0.3, 0.4) is 0 Å². The van der Waals surface area contributed by atoms with Crippen LogP contribution in [-0.2, 0) is 4.74 Å². The number of ether oxygens (including phenoxy) is 1. The van der Waals surface area contributed by atoms with Crippen LogP contribution in [0.25, 0.3) is 0 Å². The lowest BCUT2D eigenvalue weighted by atomic mass is 10.0. The van der Waals surface area contributed by atoms with Crippen molar-refractivity contribution in [1.82, 2.24) is 9.80 Å². The van der Waals surface area contributed by atoms with E-state index in [0.717, 1.165) is 5.56 Å². The quantitative estimate of drug-likeness (QED) is 0.690. The summed E-state index contributed by atoms with van der Waals surface area (Å²) in [5, 5.41) is 3.49. The Morgan fingerprint density at radius 1 is 1.23 bits per heavy atom. The summed E-state index contributed by atoms with van der Waals surface area (Å²) in [5.74, 6) is -2.03. The molecule has 1 aromatic rings. The summed E-state index contributed by atoms with van der Waals surface area (Å²) in [5.41, 5.74) is 1.64. The molecule has 1 aromatic carbocycles. The lowest BCUT2D eigenvalue weighted by Crippen LogP contribution is -2.50. The number of benzene rings is 1. The molecule has 2 amide bonds. The zero-order valence-corrected chi connectivity index (χ0v) is 18.1. The van der Waals surface area contributed by atoms with Crippen molar-refractivity contribution in [3.8, 4) is 0 Å². The van der Waals surface area contributed by atoms with Crippen LogP contribution < -0.4 is 5.32 Å². The molecule has 166 valence electrons. The number of aryl methyl sites for hydroxylation is 1. The van der Waals surface area contributed by atoms with E-state index in [9.17, 15) is 13.6 Å². The van der Waals surface area contributed by atoms with Gasteiger partial charge < -0.3 is 15.0 Å². The predicted octanol–water partition coefficient (Wildman–Crippen LogP) is 4.78. The Kier molecular flexibility index (Phi) is 6.51. The molecule has 0 radical (unpaired) electrons. The number of likely N-dealkylation sites (tertiary alicyclic amines) is 2. The van der Waals surface area contributed by atoms with Gasteiger partial charge in [-0.25, -0.2) is 13.6 Å². The summed E-state index contributed by atoms with van der Waals surface area (Å²) in [7, 11) is 0. The number of carbonyl (C=O) groups is 1. The molecule has 1 N–H and O–H groups in total. The molecular formula is C22H30ClF2N3O2. The Hall–Kier alpha value is -1.44. The SMILES string of the molecule is Cc1ccc(Cl)cc1NC(=O)N1CCC(N2CC(F)(F)C[C@H]2COCC2CC2)CC1. The summed E-state index contributed by atoms with van der Waals surface area (Å²) in [6.07, 6.45) is 3.64. The number of hydrogen-bond donors (Lipinski definition) is 1. The van der Waals surface area contributed by atoms with Crippen molar-refractivity contribution in [3.05, 3.63) is 28.8 Å². The first-order chi connectivity index (χ1) is 14.3. The molecule has 1 saturated carbocycles. The second-order valence-corrected chi connectivity index (χ2v) is 9.41. The van der Waals surface area contributed by atoms with Crippen LogP contribution in [0.2, 0.25) is 5.02 Å². The Labute approximate surface area is 181 Å². The van der Waals surface area contributed by atoms with Gasteiger partial charge in [-0.15, -0.1) is 0 Å². The largest absolute Gasteiger partial charge is 0.380 e. The Balaban J connectivity index is 1.30. The number of halogens is 3. The molecule has 0 spiro atoms. The van der Waals surface area contributed by atoms with E-state index in [2.05, 4.69) is 5.32 Å². The minimum absolute atomic E-state index is 0.0601. The third kappa shape index (κ3) is 5.42. The summed E-state index contributed by atoms with van der Waals surface area (Å²) in [4.78, 5) is 16.3. The van der Waals surface area contributed by atoms with Gasteiger partial charge in [0.1, 0.15) is 0 Å². The maximum absolute atomic E-state index is 14.1. The number of amides is 2. The van der Waals surface area contributed by atoms with Gasteiger partial charge in [0.15, 0.2) is 0 Å². The fourth-order valence-electron chi connectivity index (χ4n) is 4.48. The van der Waals surface area contributed by atoms with E-state index >= 15 is 0 Å². The molecule has 2 saturated heterocycles. The van der Waals surface area contributed by atoms with Crippen molar-refractivity contribution in [3.63, 3.8) is 0 Å². The average Bonchev–Trinajstić information content (AvgIpc) is 3.47. The van der Waals surface area contributed by atoms with Crippen molar-refractivity contribution in [2.45, 2.75) is 57.0 Å². The van der Waals surface area contributed by atoms with Crippen molar-refractivity contribution >= 4 is 23.3 Å². The molecule has 3 fully saturated rings. The number of piperidine rings is 1. The monoisotopic (exact) mass is 441 g/mol. The van der Waals surface area contributed by atoms with Crippen LogP contribution in [0.1, 0.15) is 37.7 Å². The van der Waals surface area contributed by atoms with Gasteiger partial charge in [-0.05, 0) is 56.2 Å². The van der Waals surface area contributed by atoms with Gasteiger partial charge in [0.2, 0.25) is 0 Å². The van der Waals surface area contributed by atoms with E-state index in [0.29, 0.717) is 55.8 Å². The maximum Gasteiger partial charge on any atom is 0.321 e. The normalized spacial score (nSPS) is 24.9. The molecule has 5 nitrogen and oxygen atoms in total. The summed E-state index contributed by atoms with van der Waals surface area (Å²) in [6, 6.07) is 5.04. The van der Waals surface area contributed by atoms with Gasteiger partial charge in [0, 0.05) is 48.9 Å². The van der Waals surface area contributed by atoms with Crippen LogP contribution in [-0.4, -0.2) is 66.7 Å². The van der Waals surface area contributed by atoms with Gasteiger partial charge in [-0.3, -0.25) is 4.90 Å². The fraction of sp³-hybridized carbons (Fsp3) is 0.682. The van der Waals surface area contributed by atoms with Crippen molar-refractivity contribution < 1.29 is 18.3 Å². The molecule has 30 heavy (non-hydrogen) atoms. The van der Waals surface area contributed by atoms with Crippen molar-refractivity contribution in [1.29, 1.82) is 0 Å². The first-order valence-corrected chi connectivity index (χ1v) is 11.2. The van der Waals surface area contributed by atoms with E-state index in [1.807, 2.05) is 17.9 Å². The van der Waals surface area contributed by atoms with Gasteiger partial charge in [-0.1, -0.05) is 17.7 Å². The second kappa shape index (κ2) is 8.97. The Morgan fingerprint density at radius 3 is 2.67 bits per heavy atom. The zero-order chi connectivity index (χ0) is 21.3. The third-order valence-corrected chi connectivity index (χ3v) is 6.67. The highest BCUT2D eigenvalue weighted by Gasteiger charge is 2.47. The third-order valence-electron chi connectivity index (χ3n) is 6.44. The number of hydrogen-bond acceptors (Lipinski definition) is 3. The van der Waals surface area contributed by atoms with Crippen LogP contribution in [0.15, 0.2) is 18.2 Å². The molecule has 1 aliphatic carbocycles. The molecule has 8 heteroatoms. The lowest BCUT2D eigenvalue weighted by molar-refractivity contribution is 0.00378. The van der Waals surface area contributed by atoms with E-state index in [1.165, 1.54) is 12.8 Å². The number of nitrogens with one attached hydrogen (secondary N) is 1. The van der Waals surface area contributed by atoms with Crippen LogP contribution >= 0.6 is 11.6 Å².